The predicted molar refractivity (Wildman–Crippen MR) is 81.6 cm³/mol. The SMILES string of the molecule is COc1ccccc1CC(C)N(C)c1nnc(CCN)o1. The molecular weight excluding hydrogens is 268 g/mol. The lowest BCUT2D eigenvalue weighted by Crippen LogP contribution is -2.31. The molecule has 0 fully saturated rings. The fraction of sp³-hybridized carbons (Fsp3) is 0.467. The van der Waals surface area contributed by atoms with Gasteiger partial charge in [-0.1, -0.05) is 23.3 Å². The number of hydrogen-bond donors (Lipinski definition) is 1. The van der Waals surface area contributed by atoms with Crippen molar-refractivity contribution in [3.8, 4) is 5.75 Å². The summed E-state index contributed by atoms with van der Waals surface area (Å²) in [4.78, 5) is 1.97. The van der Waals surface area contributed by atoms with E-state index in [4.69, 9.17) is 14.9 Å². The van der Waals surface area contributed by atoms with Crippen LogP contribution in [0.4, 0.5) is 6.01 Å². The molecule has 0 bridgehead atoms. The third-order valence-electron chi connectivity index (χ3n) is 3.49. The number of methoxy groups -OCH3 is 1. The lowest BCUT2D eigenvalue weighted by atomic mass is 10.1. The fourth-order valence-electron chi connectivity index (χ4n) is 2.13. The molecule has 1 aromatic carbocycles. The van der Waals surface area contributed by atoms with Crippen molar-refractivity contribution in [3.05, 3.63) is 35.7 Å². The van der Waals surface area contributed by atoms with Crippen molar-refractivity contribution in [1.82, 2.24) is 10.2 Å². The average molecular weight is 290 g/mol. The zero-order valence-electron chi connectivity index (χ0n) is 12.7. The summed E-state index contributed by atoms with van der Waals surface area (Å²) in [6, 6.07) is 8.73. The number of rotatable bonds is 7. The molecule has 2 aromatic rings. The Morgan fingerprint density at radius 1 is 1.33 bits per heavy atom. The van der Waals surface area contributed by atoms with Gasteiger partial charge in [-0.15, -0.1) is 5.10 Å². The second kappa shape index (κ2) is 7.08. The lowest BCUT2D eigenvalue weighted by Gasteiger charge is -2.23. The molecule has 2 rings (SSSR count). The van der Waals surface area contributed by atoms with Gasteiger partial charge in [0.2, 0.25) is 5.89 Å². The molecule has 0 saturated carbocycles. The molecule has 6 nitrogen and oxygen atoms in total. The van der Waals surface area contributed by atoms with Crippen LogP contribution >= 0.6 is 0 Å². The summed E-state index contributed by atoms with van der Waals surface area (Å²) in [7, 11) is 3.63. The number of hydrogen-bond acceptors (Lipinski definition) is 6. The molecule has 114 valence electrons. The minimum Gasteiger partial charge on any atom is -0.496 e. The van der Waals surface area contributed by atoms with Crippen LogP contribution in [0.1, 0.15) is 18.4 Å². The minimum atomic E-state index is 0.201. The van der Waals surface area contributed by atoms with Gasteiger partial charge < -0.3 is 19.8 Å². The van der Waals surface area contributed by atoms with Crippen LogP contribution in [0.25, 0.3) is 0 Å². The van der Waals surface area contributed by atoms with E-state index in [1.165, 1.54) is 0 Å². The van der Waals surface area contributed by atoms with Crippen molar-refractivity contribution in [2.24, 2.45) is 5.73 Å². The normalized spacial score (nSPS) is 12.2. The molecule has 2 N–H and O–H groups in total. The number of nitrogens with zero attached hydrogens (tertiary/aromatic N) is 3. The van der Waals surface area contributed by atoms with Crippen molar-refractivity contribution in [1.29, 1.82) is 0 Å². The Morgan fingerprint density at radius 2 is 2.10 bits per heavy atom. The molecule has 0 radical (unpaired) electrons. The summed E-state index contributed by atoms with van der Waals surface area (Å²) in [6.45, 7) is 2.61. The Kier molecular flexibility index (Phi) is 5.16. The summed E-state index contributed by atoms with van der Waals surface area (Å²) >= 11 is 0. The van der Waals surface area contributed by atoms with E-state index in [1.54, 1.807) is 7.11 Å². The van der Waals surface area contributed by atoms with Gasteiger partial charge in [0.1, 0.15) is 5.75 Å². The maximum absolute atomic E-state index is 5.59. The van der Waals surface area contributed by atoms with Crippen LogP contribution in [0.3, 0.4) is 0 Å². The molecule has 0 aliphatic rings. The number of nitrogens with two attached hydrogens (primary N) is 1. The first-order valence-corrected chi connectivity index (χ1v) is 7.03. The monoisotopic (exact) mass is 290 g/mol. The Bertz CT molecular complexity index is 570. The largest absolute Gasteiger partial charge is 0.496 e. The average Bonchev–Trinajstić information content (AvgIpc) is 2.96. The van der Waals surface area contributed by atoms with Gasteiger partial charge in [0.05, 0.1) is 7.11 Å². The van der Waals surface area contributed by atoms with Crippen LogP contribution in [-0.4, -0.2) is 36.9 Å². The second-order valence-electron chi connectivity index (χ2n) is 4.99. The fourth-order valence-corrected chi connectivity index (χ4v) is 2.13. The summed E-state index contributed by atoms with van der Waals surface area (Å²) in [5, 5.41) is 8.05. The van der Waals surface area contributed by atoms with E-state index in [-0.39, 0.29) is 6.04 Å². The molecule has 0 amide bonds. The Balaban J connectivity index is 2.06. The van der Waals surface area contributed by atoms with Gasteiger partial charge in [-0.3, -0.25) is 0 Å². The standard InChI is InChI=1S/C15H22N4O2/c1-11(10-12-6-4-5-7-13(12)20-3)19(2)15-18-17-14(21-15)8-9-16/h4-7,11H,8-10,16H2,1-3H3. The molecule has 1 unspecified atom stereocenters. The van der Waals surface area contributed by atoms with Crippen molar-refractivity contribution in [2.45, 2.75) is 25.8 Å². The van der Waals surface area contributed by atoms with E-state index in [0.717, 1.165) is 17.7 Å². The van der Waals surface area contributed by atoms with Gasteiger partial charge in [0.15, 0.2) is 0 Å². The topological polar surface area (TPSA) is 77.4 Å². The van der Waals surface area contributed by atoms with Crippen LogP contribution in [0.15, 0.2) is 28.7 Å². The first-order valence-electron chi connectivity index (χ1n) is 7.03. The van der Waals surface area contributed by atoms with E-state index in [2.05, 4.69) is 23.2 Å². The van der Waals surface area contributed by atoms with Gasteiger partial charge in [-0.2, -0.15) is 0 Å². The van der Waals surface area contributed by atoms with Gasteiger partial charge in [0.25, 0.3) is 0 Å². The Morgan fingerprint density at radius 3 is 2.81 bits per heavy atom. The highest BCUT2D eigenvalue weighted by Crippen LogP contribution is 2.22. The van der Waals surface area contributed by atoms with Gasteiger partial charge in [0, 0.05) is 26.1 Å². The summed E-state index contributed by atoms with van der Waals surface area (Å²) < 4.78 is 11.0. The quantitative estimate of drug-likeness (QED) is 0.835. The van der Waals surface area contributed by atoms with Crippen molar-refractivity contribution in [2.75, 3.05) is 25.6 Å². The number of para-hydroxylation sites is 1. The molecule has 0 saturated heterocycles. The maximum Gasteiger partial charge on any atom is 0.318 e. The lowest BCUT2D eigenvalue weighted by molar-refractivity contribution is 0.407. The highest BCUT2D eigenvalue weighted by molar-refractivity contribution is 5.35. The number of likely N-dealkylation sites (N-methyl/N-ethyl adjacent to an activating group) is 1. The zero-order valence-corrected chi connectivity index (χ0v) is 12.7. The first kappa shape index (κ1) is 15.3. The zero-order chi connectivity index (χ0) is 15.2. The third-order valence-corrected chi connectivity index (χ3v) is 3.49. The van der Waals surface area contributed by atoms with Crippen molar-refractivity contribution < 1.29 is 9.15 Å². The molecule has 21 heavy (non-hydrogen) atoms. The second-order valence-corrected chi connectivity index (χ2v) is 4.99. The molecule has 0 spiro atoms. The summed E-state index contributed by atoms with van der Waals surface area (Å²) in [5.74, 6) is 1.47. The number of aromatic nitrogens is 2. The molecular formula is C15H22N4O2. The molecule has 6 heteroatoms. The van der Waals surface area contributed by atoms with Gasteiger partial charge in [-0.05, 0) is 25.0 Å². The number of anilines is 1. The van der Waals surface area contributed by atoms with Crippen molar-refractivity contribution in [3.63, 3.8) is 0 Å². The Hall–Kier alpha value is -2.08. The van der Waals surface area contributed by atoms with Gasteiger partial charge in [-0.25, -0.2) is 0 Å². The number of benzene rings is 1. The van der Waals surface area contributed by atoms with Crippen LogP contribution in [0.5, 0.6) is 5.75 Å². The van der Waals surface area contributed by atoms with E-state index in [0.29, 0.717) is 24.9 Å². The van der Waals surface area contributed by atoms with E-state index in [9.17, 15) is 0 Å². The molecule has 0 aliphatic carbocycles. The highest BCUT2D eigenvalue weighted by Gasteiger charge is 2.18. The third kappa shape index (κ3) is 3.72. The predicted octanol–water partition coefficient (Wildman–Crippen LogP) is 1.65. The van der Waals surface area contributed by atoms with Crippen LogP contribution < -0.4 is 15.4 Å². The molecule has 1 atom stereocenters. The summed E-state index contributed by atoms with van der Waals surface area (Å²) in [6.07, 6.45) is 1.43. The van der Waals surface area contributed by atoms with E-state index < -0.39 is 0 Å². The van der Waals surface area contributed by atoms with Crippen molar-refractivity contribution >= 4 is 6.01 Å². The maximum atomic E-state index is 5.59. The molecule has 1 heterocycles. The summed E-state index contributed by atoms with van der Waals surface area (Å²) in [5.41, 5.74) is 6.64. The van der Waals surface area contributed by atoms with E-state index in [1.807, 2.05) is 30.1 Å². The first-order chi connectivity index (χ1) is 10.2. The molecule has 1 aromatic heterocycles. The van der Waals surface area contributed by atoms with Crippen LogP contribution in [0, 0.1) is 0 Å². The van der Waals surface area contributed by atoms with E-state index >= 15 is 0 Å². The Labute approximate surface area is 124 Å². The van der Waals surface area contributed by atoms with Crippen LogP contribution in [0.2, 0.25) is 0 Å². The highest BCUT2D eigenvalue weighted by atomic mass is 16.5. The van der Waals surface area contributed by atoms with Gasteiger partial charge >= 0.3 is 6.01 Å². The minimum absolute atomic E-state index is 0.201. The molecule has 0 aliphatic heterocycles. The number of ether oxygens (including phenoxy) is 1. The van der Waals surface area contributed by atoms with Crippen LogP contribution in [-0.2, 0) is 12.8 Å². The smallest absolute Gasteiger partial charge is 0.318 e.